The van der Waals surface area contributed by atoms with Gasteiger partial charge in [0.15, 0.2) is 18.3 Å². The molecule has 1 fully saturated rings. The number of nitrogens with one attached hydrogen (secondary N) is 4. The number of aliphatic hydroxyl groups is 15. The number of benzene rings is 1. The largest absolute Gasteiger partial charge is 0.481 e. The van der Waals surface area contributed by atoms with Gasteiger partial charge >= 0.3 is 35.8 Å². The summed E-state index contributed by atoms with van der Waals surface area (Å²) in [5.41, 5.74) is -2.16. The van der Waals surface area contributed by atoms with Crippen molar-refractivity contribution in [3.63, 3.8) is 0 Å². The maximum atomic E-state index is 14.4. The van der Waals surface area contributed by atoms with Crippen molar-refractivity contribution in [3.05, 3.63) is 35.4 Å². The lowest BCUT2D eigenvalue weighted by molar-refractivity contribution is -0.150. The number of rotatable bonds is 41. The lowest BCUT2D eigenvalue weighted by Crippen LogP contribution is -2.61. The molecule has 0 spiro atoms. The molecule has 0 saturated carbocycles. The van der Waals surface area contributed by atoms with E-state index in [2.05, 4.69) is 21.3 Å². The molecule has 0 aromatic heterocycles. The van der Waals surface area contributed by atoms with Crippen LogP contribution in [0, 0.1) is 5.41 Å². The van der Waals surface area contributed by atoms with E-state index < -0.39 is 241 Å². The molecule has 2 rings (SSSR count). The zero-order valence-corrected chi connectivity index (χ0v) is 50.3. The number of hydrogen-bond acceptors (Lipinski definition) is 29. The second-order valence-corrected chi connectivity index (χ2v) is 22.3. The van der Waals surface area contributed by atoms with Gasteiger partial charge in [-0.1, -0.05) is 12.1 Å². The minimum Gasteiger partial charge on any atom is -0.481 e. The summed E-state index contributed by atoms with van der Waals surface area (Å²) in [7, 11) is 0. The summed E-state index contributed by atoms with van der Waals surface area (Å²) < 4.78 is 0. The molecule has 0 bridgehead atoms. The van der Waals surface area contributed by atoms with E-state index in [1.54, 1.807) is 4.90 Å². The summed E-state index contributed by atoms with van der Waals surface area (Å²) in [4.78, 5) is 134. The van der Waals surface area contributed by atoms with Crippen LogP contribution in [-0.2, 0) is 49.7 Å². The molecular formula is C54H88N8O31. The summed E-state index contributed by atoms with van der Waals surface area (Å²) in [5.74, 6) is -14.3. The minimum atomic E-state index is -2.67. The fraction of sp³-hybridized carbons (Fsp3) is 0.704. The fourth-order valence-electron chi connectivity index (χ4n) is 9.75. The van der Waals surface area contributed by atoms with Crippen molar-refractivity contribution in [2.75, 3.05) is 98.4 Å². The summed E-state index contributed by atoms with van der Waals surface area (Å²) >= 11 is 0. The first-order valence-electron chi connectivity index (χ1n) is 29.0. The highest BCUT2D eigenvalue weighted by Gasteiger charge is 2.42. The number of carbonyl (C=O) groups excluding carboxylic acids is 4. The van der Waals surface area contributed by atoms with Crippen molar-refractivity contribution in [2.45, 2.75) is 136 Å². The average molecular weight is 1350 g/mol. The minimum absolute atomic E-state index is 0.132. The van der Waals surface area contributed by atoms with Crippen LogP contribution in [0.5, 0.6) is 0 Å². The predicted molar refractivity (Wildman–Crippen MR) is 308 cm³/mol. The van der Waals surface area contributed by atoms with Gasteiger partial charge in [0, 0.05) is 115 Å². The van der Waals surface area contributed by atoms with Crippen LogP contribution in [0.25, 0.3) is 0 Å². The van der Waals surface area contributed by atoms with E-state index in [1.807, 2.05) is 0 Å². The van der Waals surface area contributed by atoms with Crippen LogP contribution in [0.4, 0.5) is 0 Å². The molecule has 1 aliphatic heterocycles. The summed E-state index contributed by atoms with van der Waals surface area (Å²) in [6.45, 7) is -9.57. The van der Waals surface area contributed by atoms with Gasteiger partial charge in [0.1, 0.15) is 73.1 Å². The second kappa shape index (κ2) is 40.4. The van der Waals surface area contributed by atoms with Crippen LogP contribution < -0.4 is 21.3 Å². The molecule has 39 nitrogen and oxygen atoms in total. The summed E-state index contributed by atoms with van der Waals surface area (Å²) in [6.07, 6.45) is -32.4. The van der Waals surface area contributed by atoms with Crippen molar-refractivity contribution in [1.29, 1.82) is 0 Å². The molecule has 93 heavy (non-hydrogen) atoms. The highest BCUT2D eigenvalue weighted by atomic mass is 16.4. The molecule has 0 aliphatic carbocycles. The van der Waals surface area contributed by atoms with Gasteiger partial charge in [-0.05, 0) is 37.0 Å². The van der Waals surface area contributed by atoms with Crippen LogP contribution in [-0.4, -0.2) is 376 Å². The molecule has 1 aliphatic rings. The van der Waals surface area contributed by atoms with Gasteiger partial charge in [0.25, 0.3) is 23.6 Å². The molecule has 1 heterocycles. The van der Waals surface area contributed by atoms with Crippen LogP contribution in [0.15, 0.2) is 24.3 Å². The van der Waals surface area contributed by atoms with E-state index in [-0.39, 0.29) is 70.0 Å². The number of hydrogen-bond donors (Lipinski definition) is 25. The van der Waals surface area contributed by atoms with Gasteiger partial charge in [-0.2, -0.15) is 0 Å². The molecule has 0 radical (unpaired) electrons. The molecule has 25 N–H and O–H groups in total. The summed E-state index contributed by atoms with van der Waals surface area (Å²) in [6, 6.07) is 0.876. The Morgan fingerprint density at radius 1 is 0.409 bits per heavy atom. The molecule has 15 atom stereocenters. The molecule has 530 valence electrons. The van der Waals surface area contributed by atoms with Crippen molar-refractivity contribution in [1.82, 2.24) is 40.9 Å². The van der Waals surface area contributed by atoms with Gasteiger partial charge in [-0.3, -0.25) is 67.5 Å². The number of carbonyl (C=O) groups is 10. The second-order valence-electron chi connectivity index (χ2n) is 22.3. The van der Waals surface area contributed by atoms with Gasteiger partial charge < -0.3 is 129 Å². The monoisotopic (exact) mass is 1340 g/mol. The Morgan fingerprint density at radius 2 is 0.699 bits per heavy atom. The normalized spacial score (nSPS) is 19.8. The number of carboxylic acids is 6. The lowest BCUT2D eigenvalue weighted by Gasteiger charge is -2.38. The highest BCUT2D eigenvalue weighted by Crippen LogP contribution is 2.21. The van der Waals surface area contributed by atoms with Crippen LogP contribution >= 0.6 is 0 Å². The first-order chi connectivity index (χ1) is 43.6. The topological polar surface area (TPSA) is 657 Å². The third-order valence-corrected chi connectivity index (χ3v) is 15.5. The van der Waals surface area contributed by atoms with Crippen LogP contribution in [0.2, 0.25) is 0 Å². The Balaban J connectivity index is 2.83. The zero-order chi connectivity index (χ0) is 70.6. The van der Waals surface area contributed by atoms with Crippen molar-refractivity contribution in [2.24, 2.45) is 5.41 Å². The van der Waals surface area contributed by atoms with Crippen LogP contribution in [0.3, 0.4) is 0 Å². The van der Waals surface area contributed by atoms with E-state index in [0.29, 0.717) is 0 Å². The average Bonchev–Trinajstić information content (AvgIpc) is 0.904. The molecule has 1 saturated heterocycles. The Bertz CT molecular complexity index is 2430. The van der Waals surface area contributed by atoms with E-state index in [1.165, 1.54) is 39.0 Å². The zero-order valence-electron chi connectivity index (χ0n) is 50.3. The predicted octanol–water partition coefficient (Wildman–Crippen LogP) is -12.3. The van der Waals surface area contributed by atoms with Gasteiger partial charge in [-0.25, -0.2) is 0 Å². The van der Waals surface area contributed by atoms with Crippen molar-refractivity contribution in [3.8, 4) is 0 Å². The quantitative estimate of drug-likeness (QED) is 0.0289. The first kappa shape index (κ1) is 82.3. The fourth-order valence-corrected chi connectivity index (χ4v) is 9.75. The molecular weight excluding hydrogens is 1260 g/mol. The number of aliphatic hydroxyl groups excluding tert-OH is 15. The number of amides is 4. The number of carboxylic acid groups (broad SMARTS) is 6. The van der Waals surface area contributed by atoms with Crippen molar-refractivity contribution >= 4 is 59.4 Å². The van der Waals surface area contributed by atoms with Gasteiger partial charge in [0.05, 0.1) is 19.8 Å². The van der Waals surface area contributed by atoms with Crippen LogP contribution in [0.1, 0.15) is 54.4 Å². The maximum absolute atomic E-state index is 14.4. The Labute approximate surface area is 529 Å². The number of aliphatic carboxylic acids is 6. The van der Waals surface area contributed by atoms with E-state index in [0.717, 1.165) is 0 Å². The molecule has 4 amide bonds. The molecule has 39 heteroatoms. The maximum Gasteiger partial charge on any atom is 0.320 e. The standard InChI is InChI=1S/C54H88N8O31/c63-20-32(66)38(75)41(78)44(81)48(85)56-24-54(25-57-49(86)45(82)42(79)39(76)33(67)21-64,26-58-50(87)46(83)43(80)40(77)34(68)22-65)23-55-47(84)28-3-1-2-27(18-28)19-59-10-12-60(29(51(88)89)4-7-35(69)70)14-16-62(31(53(92)93)6-9-37(73)74)17-15-61(13-11-59)30(52(90)91)5-8-36(71)72/h1-3,18,29-34,38-46,63-68,75-83H,4-17,19-26H2,(H,55,84)(H,56,85)(H,57,86)(H,58,87)(H,69,70)(H,71,72)(H,73,74)(H,88,89)(H,90,91)(H,92,93). The third-order valence-electron chi connectivity index (χ3n) is 15.5. The van der Waals surface area contributed by atoms with E-state index >= 15 is 0 Å². The first-order valence-corrected chi connectivity index (χ1v) is 29.0. The number of nitrogens with zero attached hydrogens (tertiary/aromatic N) is 4. The smallest absolute Gasteiger partial charge is 0.320 e. The third kappa shape index (κ3) is 26.8. The summed E-state index contributed by atoms with van der Waals surface area (Å²) in [5, 5.41) is 220. The van der Waals surface area contributed by atoms with E-state index in [9.17, 15) is 155 Å². The molecule has 1 aromatic rings. The van der Waals surface area contributed by atoms with Gasteiger partial charge in [0.2, 0.25) is 0 Å². The van der Waals surface area contributed by atoms with Crippen molar-refractivity contribution < 1.29 is 155 Å². The Morgan fingerprint density at radius 3 is 0.978 bits per heavy atom. The molecule has 1 aromatic carbocycles. The molecule has 15 unspecified atom stereocenters. The Kier molecular flexibility index (Phi) is 35.7. The Hall–Kier alpha value is -6.84. The lowest BCUT2D eigenvalue weighted by atomic mass is 9.86. The van der Waals surface area contributed by atoms with E-state index in [4.69, 9.17) is 0 Å². The van der Waals surface area contributed by atoms with Gasteiger partial charge in [-0.15, -0.1) is 0 Å². The highest BCUT2D eigenvalue weighted by molar-refractivity contribution is 5.94. The SMILES string of the molecule is O=C(O)CCC(C(=O)O)N1CCN(Cc2cccc(C(=O)NCC(CNC(=O)C(O)C(O)C(O)C(O)CO)(CNC(=O)C(O)C(O)C(O)C(O)CO)CNC(=O)C(O)C(O)C(O)C(O)CO)c2)CCN(C(CCC(=O)O)C(=O)O)CCN(C(CCC(=O)O)C(=O)O)CC1.